The SMILES string of the molecule is CC(=O)NNC(=O)c1ccc2c(c1)ncn2-c1cc(O[C@H](C)c2ccccc2Cl)cs1. The summed E-state index contributed by atoms with van der Waals surface area (Å²) in [5, 5.41) is 3.53. The molecule has 9 heteroatoms. The van der Waals surface area contributed by atoms with Crippen molar-refractivity contribution in [1.82, 2.24) is 20.4 Å². The Kier molecular flexibility index (Phi) is 5.92. The van der Waals surface area contributed by atoms with Crippen molar-refractivity contribution < 1.29 is 14.3 Å². The number of nitrogens with zero attached hydrogens (tertiary/aromatic N) is 2. The topological polar surface area (TPSA) is 85.3 Å². The Labute approximate surface area is 187 Å². The fourth-order valence-electron chi connectivity index (χ4n) is 3.12. The third kappa shape index (κ3) is 4.55. The van der Waals surface area contributed by atoms with Crippen LogP contribution in [-0.2, 0) is 4.79 Å². The van der Waals surface area contributed by atoms with Gasteiger partial charge in [0.1, 0.15) is 23.2 Å². The number of rotatable bonds is 5. The molecule has 0 unspecified atom stereocenters. The number of halogens is 1. The first-order valence-electron chi connectivity index (χ1n) is 9.46. The molecule has 4 aromatic rings. The number of hydrogen-bond acceptors (Lipinski definition) is 5. The maximum Gasteiger partial charge on any atom is 0.269 e. The van der Waals surface area contributed by atoms with E-state index in [2.05, 4.69) is 15.8 Å². The van der Waals surface area contributed by atoms with Gasteiger partial charge in [-0.25, -0.2) is 4.98 Å². The fourth-order valence-corrected chi connectivity index (χ4v) is 4.21. The van der Waals surface area contributed by atoms with Crippen LogP contribution >= 0.6 is 22.9 Å². The summed E-state index contributed by atoms with van der Waals surface area (Å²) in [7, 11) is 0. The van der Waals surface area contributed by atoms with Crippen molar-refractivity contribution >= 4 is 45.8 Å². The quantitative estimate of drug-likeness (QED) is 0.429. The van der Waals surface area contributed by atoms with Gasteiger partial charge in [-0.2, -0.15) is 0 Å². The van der Waals surface area contributed by atoms with Gasteiger partial charge >= 0.3 is 0 Å². The average molecular weight is 455 g/mol. The second kappa shape index (κ2) is 8.79. The monoisotopic (exact) mass is 454 g/mol. The number of amides is 2. The zero-order valence-corrected chi connectivity index (χ0v) is 18.3. The lowest BCUT2D eigenvalue weighted by molar-refractivity contribution is -0.119. The second-order valence-corrected chi connectivity index (χ2v) is 8.15. The third-order valence-electron chi connectivity index (χ3n) is 4.62. The van der Waals surface area contributed by atoms with Crippen molar-refractivity contribution in [1.29, 1.82) is 0 Å². The Morgan fingerprint density at radius 1 is 1.16 bits per heavy atom. The number of nitrogens with one attached hydrogen (secondary N) is 2. The van der Waals surface area contributed by atoms with Crippen LogP contribution in [0.15, 0.2) is 60.2 Å². The number of carbonyl (C=O) groups is 2. The highest BCUT2D eigenvalue weighted by molar-refractivity contribution is 7.12. The van der Waals surface area contributed by atoms with E-state index in [1.165, 1.54) is 18.3 Å². The van der Waals surface area contributed by atoms with E-state index >= 15 is 0 Å². The molecular weight excluding hydrogens is 436 g/mol. The van der Waals surface area contributed by atoms with Crippen LogP contribution < -0.4 is 15.6 Å². The summed E-state index contributed by atoms with van der Waals surface area (Å²) in [6.45, 7) is 3.28. The average Bonchev–Trinajstić information content (AvgIpc) is 3.38. The second-order valence-electron chi connectivity index (χ2n) is 6.86. The van der Waals surface area contributed by atoms with Gasteiger partial charge in [0, 0.05) is 34.5 Å². The van der Waals surface area contributed by atoms with Crippen LogP contribution in [-0.4, -0.2) is 21.4 Å². The third-order valence-corrected chi connectivity index (χ3v) is 5.87. The Hall–Kier alpha value is -3.36. The van der Waals surface area contributed by atoms with E-state index in [-0.39, 0.29) is 12.0 Å². The van der Waals surface area contributed by atoms with Crippen molar-refractivity contribution in [2.45, 2.75) is 20.0 Å². The highest BCUT2D eigenvalue weighted by Crippen LogP contribution is 2.32. The van der Waals surface area contributed by atoms with Gasteiger partial charge in [0.15, 0.2) is 0 Å². The van der Waals surface area contributed by atoms with Gasteiger partial charge in [0.2, 0.25) is 5.91 Å². The molecule has 1 atom stereocenters. The van der Waals surface area contributed by atoms with Crippen molar-refractivity contribution in [3.63, 3.8) is 0 Å². The molecule has 2 amide bonds. The first kappa shape index (κ1) is 20.9. The maximum atomic E-state index is 12.1. The lowest BCUT2D eigenvalue weighted by atomic mass is 10.1. The summed E-state index contributed by atoms with van der Waals surface area (Å²) < 4.78 is 8.01. The van der Waals surface area contributed by atoms with Gasteiger partial charge in [-0.05, 0) is 31.2 Å². The summed E-state index contributed by atoms with van der Waals surface area (Å²) >= 11 is 7.79. The number of aromatic nitrogens is 2. The van der Waals surface area contributed by atoms with Crippen LogP contribution in [0.3, 0.4) is 0 Å². The summed E-state index contributed by atoms with van der Waals surface area (Å²) in [6.07, 6.45) is 1.51. The molecule has 2 aromatic heterocycles. The van der Waals surface area contributed by atoms with Gasteiger partial charge in [-0.1, -0.05) is 29.8 Å². The molecule has 158 valence electrons. The number of carbonyl (C=O) groups excluding carboxylic acids is 2. The highest BCUT2D eigenvalue weighted by atomic mass is 35.5. The fraction of sp³-hybridized carbons (Fsp3) is 0.136. The van der Waals surface area contributed by atoms with E-state index in [0.717, 1.165) is 21.8 Å². The van der Waals surface area contributed by atoms with Gasteiger partial charge in [-0.3, -0.25) is 25.0 Å². The number of hydrazine groups is 1. The van der Waals surface area contributed by atoms with E-state index in [0.29, 0.717) is 16.1 Å². The van der Waals surface area contributed by atoms with E-state index in [1.54, 1.807) is 18.5 Å². The van der Waals surface area contributed by atoms with E-state index in [1.807, 2.05) is 53.3 Å². The Morgan fingerprint density at radius 2 is 1.97 bits per heavy atom. The molecule has 0 aliphatic carbocycles. The van der Waals surface area contributed by atoms with E-state index in [4.69, 9.17) is 16.3 Å². The number of hydrogen-bond donors (Lipinski definition) is 2. The number of benzene rings is 2. The predicted molar refractivity (Wildman–Crippen MR) is 121 cm³/mol. The molecule has 0 bridgehead atoms. The molecule has 4 rings (SSSR count). The van der Waals surface area contributed by atoms with Crippen molar-refractivity contribution in [2.75, 3.05) is 0 Å². The summed E-state index contributed by atoms with van der Waals surface area (Å²) in [5.74, 6) is -0.0223. The summed E-state index contributed by atoms with van der Waals surface area (Å²) in [6, 6.07) is 14.7. The van der Waals surface area contributed by atoms with Crippen molar-refractivity contribution in [3.05, 3.63) is 76.4 Å². The van der Waals surface area contributed by atoms with Crippen LogP contribution in [0.25, 0.3) is 16.0 Å². The normalized spacial score (nSPS) is 11.8. The van der Waals surface area contributed by atoms with E-state index < -0.39 is 5.91 Å². The smallest absolute Gasteiger partial charge is 0.269 e. The minimum atomic E-state index is -0.410. The Morgan fingerprint density at radius 3 is 2.74 bits per heavy atom. The van der Waals surface area contributed by atoms with E-state index in [9.17, 15) is 9.59 Å². The lowest BCUT2D eigenvalue weighted by Crippen LogP contribution is -2.40. The van der Waals surface area contributed by atoms with Gasteiger partial charge in [0.05, 0.1) is 11.0 Å². The van der Waals surface area contributed by atoms with Crippen LogP contribution in [0.1, 0.15) is 35.9 Å². The molecule has 0 spiro atoms. The number of imidazole rings is 1. The first-order valence-corrected chi connectivity index (χ1v) is 10.7. The van der Waals surface area contributed by atoms with Crippen LogP contribution in [0.4, 0.5) is 0 Å². The van der Waals surface area contributed by atoms with Gasteiger partial charge < -0.3 is 4.74 Å². The number of ether oxygens (including phenoxy) is 1. The predicted octanol–water partition coefficient (Wildman–Crippen LogP) is 4.66. The maximum absolute atomic E-state index is 12.1. The van der Waals surface area contributed by atoms with Crippen LogP contribution in [0.5, 0.6) is 5.75 Å². The largest absolute Gasteiger partial charge is 0.485 e. The standard InChI is InChI=1S/C22H19ClN4O3S/c1-13(17-5-3-4-6-18(17)23)30-16-10-21(31-11-16)27-12-24-19-9-15(7-8-20(19)27)22(29)26-25-14(2)28/h3-13H,1-2H3,(H,25,28)(H,26,29)/t13-/m1/s1. The molecule has 0 saturated heterocycles. The van der Waals surface area contributed by atoms with Gasteiger partial charge in [-0.15, -0.1) is 11.3 Å². The zero-order valence-electron chi connectivity index (χ0n) is 16.8. The molecule has 0 aliphatic rings. The van der Waals surface area contributed by atoms with Crippen molar-refractivity contribution in [3.8, 4) is 10.8 Å². The number of thiophene rings is 1. The molecule has 2 heterocycles. The molecule has 0 aliphatic heterocycles. The molecule has 2 aromatic carbocycles. The van der Waals surface area contributed by atoms with Crippen LogP contribution in [0.2, 0.25) is 5.02 Å². The van der Waals surface area contributed by atoms with Crippen LogP contribution in [0, 0.1) is 0 Å². The molecule has 2 N–H and O–H groups in total. The minimum absolute atomic E-state index is 0.194. The minimum Gasteiger partial charge on any atom is -0.485 e. The lowest BCUT2D eigenvalue weighted by Gasteiger charge is -2.15. The molecule has 0 fully saturated rings. The molecule has 0 radical (unpaired) electrons. The molecular formula is C22H19ClN4O3S. The van der Waals surface area contributed by atoms with Gasteiger partial charge in [0.25, 0.3) is 5.91 Å². The zero-order chi connectivity index (χ0) is 22.0. The molecule has 31 heavy (non-hydrogen) atoms. The Bertz CT molecular complexity index is 1270. The number of fused-ring (bicyclic) bond motifs is 1. The highest BCUT2D eigenvalue weighted by Gasteiger charge is 2.14. The summed E-state index contributed by atoms with van der Waals surface area (Å²) in [5.41, 5.74) is 7.45. The Balaban J connectivity index is 1.53. The van der Waals surface area contributed by atoms with Crippen molar-refractivity contribution in [2.24, 2.45) is 0 Å². The summed E-state index contributed by atoms with van der Waals surface area (Å²) in [4.78, 5) is 27.5. The first-order chi connectivity index (χ1) is 14.9. The molecule has 0 saturated carbocycles. The molecule has 7 nitrogen and oxygen atoms in total.